The summed E-state index contributed by atoms with van der Waals surface area (Å²) in [6, 6.07) is 13.9. The molecule has 8 heteroatoms. The average Bonchev–Trinajstić information content (AvgIpc) is 2.82. The van der Waals surface area contributed by atoms with Crippen LogP contribution < -0.4 is 19.4 Å². The number of fused-ring (bicyclic) bond motifs is 1. The standard InChI is InChI=1S/C27H31ClN2O4Si/c1-17-12-18(2)29-26(34-15-19-10-8-7-9-11-19)20(17)14-30-16-35(5,6)22-13-21(32-3)25(33-4)24(28)23(22)27(30)31/h7-13H,14-16H2,1-6H3. The first-order valence-corrected chi connectivity index (χ1v) is 15.1. The molecule has 1 amide bonds. The van der Waals surface area contributed by atoms with Gasteiger partial charge in [-0.05, 0) is 42.3 Å². The van der Waals surface area contributed by atoms with Gasteiger partial charge in [-0.1, -0.05) is 55.0 Å². The molecule has 0 radical (unpaired) electrons. The zero-order chi connectivity index (χ0) is 25.3. The van der Waals surface area contributed by atoms with Gasteiger partial charge in [0, 0.05) is 17.4 Å². The lowest BCUT2D eigenvalue weighted by Gasteiger charge is -2.39. The Kier molecular flexibility index (Phi) is 7.10. The lowest BCUT2D eigenvalue weighted by molar-refractivity contribution is 0.0763. The van der Waals surface area contributed by atoms with E-state index < -0.39 is 8.07 Å². The number of carbonyl (C=O) groups is 1. The number of halogens is 1. The first-order valence-electron chi connectivity index (χ1n) is 11.5. The minimum Gasteiger partial charge on any atom is -0.493 e. The molecule has 0 N–H and O–H groups in total. The number of hydrogen-bond acceptors (Lipinski definition) is 5. The maximum atomic E-state index is 13.8. The molecule has 4 rings (SSSR count). The SMILES string of the molecule is COc1cc2c(c(Cl)c1OC)C(=O)N(Cc1c(C)cc(C)nc1OCc1ccccc1)C[Si]2(C)C. The summed E-state index contributed by atoms with van der Waals surface area (Å²) in [6.07, 6.45) is 0.649. The van der Waals surface area contributed by atoms with Crippen LogP contribution in [-0.2, 0) is 13.2 Å². The van der Waals surface area contributed by atoms with Gasteiger partial charge in [0.1, 0.15) is 14.7 Å². The second-order valence-corrected chi connectivity index (χ2v) is 14.5. The first kappa shape index (κ1) is 25.1. The van der Waals surface area contributed by atoms with Crippen molar-refractivity contribution in [1.29, 1.82) is 0 Å². The Morgan fingerprint density at radius 3 is 2.46 bits per heavy atom. The van der Waals surface area contributed by atoms with Crippen molar-refractivity contribution in [2.24, 2.45) is 0 Å². The Bertz CT molecular complexity index is 1260. The third-order valence-electron chi connectivity index (χ3n) is 6.43. The number of benzene rings is 2. The van der Waals surface area contributed by atoms with E-state index in [2.05, 4.69) is 18.1 Å². The van der Waals surface area contributed by atoms with E-state index in [0.29, 0.717) is 47.3 Å². The van der Waals surface area contributed by atoms with Crippen LogP contribution in [-0.4, -0.2) is 44.3 Å². The molecule has 3 aromatic rings. The molecule has 0 saturated heterocycles. The van der Waals surface area contributed by atoms with E-state index in [9.17, 15) is 4.79 Å². The van der Waals surface area contributed by atoms with Gasteiger partial charge in [0.25, 0.3) is 5.91 Å². The van der Waals surface area contributed by atoms with Gasteiger partial charge in [-0.2, -0.15) is 0 Å². The molecule has 2 heterocycles. The van der Waals surface area contributed by atoms with Crippen LogP contribution in [0.15, 0.2) is 42.5 Å². The van der Waals surface area contributed by atoms with E-state index >= 15 is 0 Å². The average molecular weight is 511 g/mol. The molecule has 35 heavy (non-hydrogen) atoms. The van der Waals surface area contributed by atoms with Crippen molar-refractivity contribution in [2.75, 3.05) is 20.4 Å². The molecular formula is C27H31ClN2O4Si. The number of ether oxygens (including phenoxy) is 3. The monoisotopic (exact) mass is 510 g/mol. The van der Waals surface area contributed by atoms with Crippen molar-refractivity contribution in [1.82, 2.24) is 9.88 Å². The lowest BCUT2D eigenvalue weighted by atomic mass is 10.1. The van der Waals surface area contributed by atoms with Gasteiger partial charge in [0.05, 0.1) is 31.4 Å². The number of hydrogen-bond donors (Lipinski definition) is 0. The number of methoxy groups -OCH3 is 2. The van der Waals surface area contributed by atoms with Crippen LogP contribution in [0.25, 0.3) is 0 Å². The number of rotatable bonds is 7. The smallest absolute Gasteiger partial charge is 0.255 e. The molecule has 6 nitrogen and oxygen atoms in total. The molecular weight excluding hydrogens is 480 g/mol. The summed E-state index contributed by atoms with van der Waals surface area (Å²) in [6.45, 7) is 9.25. The molecule has 0 spiro atoms. The topological polar surface area (TPSA) is 60.9 Å². The van der Waals surface area contributed by atoms with Crippen LogP contribution in [0.3, 0.4) is 0 Å². The van der Waals surface area contributed by atoms with Crippen molar-refractivity contribution in [3.8, 4) is 17.4 Å². The number of nitrogens with zero attached hydrogens (tertiary/aromatic N) is 2. The Hall–Kier alpha value is -3.03. The van der Waals surface area contributed by atoms with Crippen molar-refractivity contribution in [3.05, 3.63) is 75.4 Å². The van der Waals surface area contributed by atoms with Crippen LogP contribution in [0, 0.1) is 13.8 Å². The van der Waals surface area contributed by atoms with Gasteiger partial charge in [0.2, 0.25) is 5.88 Å². The van der Waals surface area contributed by atoms with Gasteiger partial charge in [-0.15, -0.1) is 0 Å². The van der Waals surface area contributed by atoms with Crippen molar-refractivity contribution < 1.29 is 19.0 Å². The minimum atomic E-state index is -2.08. The summed E-state index contributed by atoms with van der Waals surface area (Å²) in [5, 5.41) is 1.29. The molecule has 1 aliphatic heterocycles. The van der Waals surface area contributed by atoms with Crippen molar-refractivity contribution in [3.63, 3.8) is 0 Å². The summed E-state index contributed by atoms with van der Waals surface area (Å²) in [7, 11) is 1.03. The summed E-state index contributed by atoms with van der Waals surface area (Å²) >= 11 is 6.73. The fourth-order valence-corrected chi connectivity index (χ4v) is 7.91. The highest BCUT2D eigenvalue weighted by molar-refractivity contribution is 6.91. The molecule has 0 saturated carbocycles. The highest BCUT2D eigenvalue weighted by atomic mass is 35.5. The molecule has 0 fully saturated rings. The van der Waals surface area contributed by atoms with Crippen LogP contribution in [0.5, 0.6) is 17.4 Å². The summed E-state index contributed by atoms with van der Waals surface area (Å²) in [4.78, 5) is 20.3. The molecule has 1 aromatic heterocycles. The van der Waals surface area contributed by atoms with Gasteiger partial charge in [0.15, 0.2) is 11.5 Å². The zero-order valence-electron chi connectivity index (χ0n) is 21.1. The summed E-state index contributed by atoms with van der Waals surface area (Å²) < 4.78 is 17.2. The first-order chi connectivity index (χ1) is 16.7. The van der Waals surface area contributed by atoms with Crippen molar-refractivity contribution in [2.45, 2.75) is 40.1 Å². The quantitative estimate of drug-likeness (QED) is 0.416. The Labute approximate surface area is 212 Å². The third kappa shape index (κ3) is 4.88. The lowest BCUT2D eigenvalue weighted by Crippen LogP contribution is -2.60. The van der Waals surface area contributed by atoms with E-state index in [-0.39, 0.29) is 5.91 Å². The van der Waals surface area contributed by atoms with Crippen LogP contribution in [0.1, 0.15) is 32.7 Å². The molecule has 1 aliphatic rings. The predicted octanol–water partition coefficient (Wildman–Crippen LogP) is 5.06. The fourth-order valence-electron chi connectivity index (χ4n) is 4.67. The maximum absolute atomic E-state index is 13.8. The number of amides is 1. The van der Waals surface area contributed by atoms with Crippen LogP contribution >= 0.6 is 11.6 Å². The van der Waals surface area contributed by atoms with E-state index in [1.807, 2.05) is 61.2 Å². The minimum absolute atomic E-state index is 0.119. The van der Waals surface area contributed by atoms with Crippen LogP contribution in [0.4, 0.5) is 0 Å². The Balaban J connectivity index is 1.71. The van der Waals surface area contributed by atoms with E-state index in [0.717, 1.165) is 27.6 Å². The van der Waals surface area contributed by atoms with E-state index in [4.69, 9.17) is 25.8 Å². The van der Waals surface area contributed by atoms with Crippen LogP contribution in [0.2, 0.25) is 18.1 Å². The Morgan fingerprint density at radius 1 is 1.09 bits per heavy atom. The zero-order valence-corrected chi connectivity index (χ0v) is 22.8. The highest BCUT2D eigenvalue weighted by Crippen LogP contribution is 2.40. The number of carbonyl (C=O) groups excluding carboxylic acids is 1. The second-order valence-electron chi connectivity index (χ2n) is 9.53. The predicted molar refractivity (Wildman–Crippen MR) is 141 cm³/mol. The van der Waals surface area contributed by atoms with E-state index in [1.165, 1.54) is 7.11 Å². The molecule has 0 unspecified atom stereocenters. The number of aromatic nitrogens is 1. The van der Waals surface area contributed by atoms with Gasteiger partial charge >= 0.3 is 0 Å². The highest BCUT2D eigenvalue weighted by Gasteiger charge is 2.41. The largest absolute Gasteiger partial charge is 0.493 e. The normalized spacial score (nSPS) is 14.5. The Morgan fingerprint density at radius 2 is 1.80 bits per heavy atom. The third-order valence-corrected chi connectivity index (χ3v) is 9.82. The summed E-state index contributed by atoms with van der Waals surface area (Å²) in [5.41, 5.74) is 4.39. The van der Waals surface area contributed by atoms with Crippen molar-refractivity contribution >= 4 is 30.8 Å². The van der Waals surface area contributed by atoms with Gasteiger partial charge in [-0.3, -0.25) is 4.79 Å². The van der Waals surface area contributed by atoms with Gasteiger partial charge in [-0.25, -0.2) is 4.98 Å². The second kappa shape index (κ2) is 9.91. The molecule has 184 valence electrons. The number of pyridine rings is 1. The molecule has 0 bridgehead atoms. The maximum Gasteiger partial charge on any atom is 0.255 e. The molecule has 0 aliphatic carbocycles. The molecule has 0 atom stereocenters. The van der Waals surface area contributed by atoms with Gasteiger partial charge < -0.3 is 19.1 Å². The number of aryl methyl sites for hydroxylation is 2. The fraction of sp³-hybridized carbons (Fsp3) is 0.333. The van der Waals surface area contributed by atoms with E-state index in [1.54, 1.807) is 7.11 Å². The summed E-state index contributed by atoms with van der Waals surface area (Å²) in [5.74, 6) is 1.37. The molecule has 2 aromatic carbocycles.